The van der Waals surface area contributed by atoms with Gasteiger partial charge in [0, 0.05) is 0 Å². The van der Waals surface area contributed by atoms with Crippen molar-refractivity contribution in [2.24, 2.45) is 10.8 Å². The van der Waals surface area contributed by atoms with Gasteiger partial charge in [0.2, 0.25) is 0 Å². The smallest absolute Gasteiger partial charge is 0.0107 e. The van der Waals surface area contributed by atoms with Crippen molar-refractivity contribution in [3.63, 3.8) is 0 Å². The summed E-state index contributed by atoms with van der Waals surface area (Å²) in [5.41, 5.74) is 0.652. The van der Waals surface area contributed by atoms with E-state index in [4.69, 9.17) is 0 Å². The van der Waals surface area contributed by atoms with Crippen LogP contribution in [0, 0.1) is 10.8 Å². The summed E-state index contributed by atoms with van der Waals surface area (Å²) in [4.78, 5) is 0. The van der Waals surface area contributed by atoms with Crippen LogP contribution in [0.5, 0.6) is 0 Å². The van der Waals surface area contributed by atoms with Crippen LogP contribution in [0.1, 0.15) is 41.5 Å². The monoisotopic (exact) mass is 172 g/mol. The summed E-state index contributed by atoms with van der Waals surface area (Å²) in [6, 6.07) is 0. The van der Waals surface area contributed by atoms with Crippen molar-refractivity contribution in [2.75, 3.05) is 0 Å². The minimum atomic E-state index is 0.326. The first-order valence-electron chi connectivity index (χ1n) is 4.05. The van der Waals surface area contributed by atoms with Gasteiger partial charge in [-0.2, -0.15) is 10.9 Å². The summed E-state index contributed by atoms with van der Waals surface area (Å²) in [7, 11) is 1.82. The quantitative estimate of drug-likeness (QED) is 0.491. The highest BCUT2D eigenvalue weighted by molar-refractivity contribution is 7.96. The van der Waals surface area contributed by atoms with Crippen molar-refractivity contribution in [1.82, 2.24) is 0 Å². The van der Waals surface area contributed by atoms with Crippen LogP contribution in [0.25, 0.3) is 0 Å². The largest absolute Gasteiger partial charge is 0.160 e. The maximum absolute atomic E-state index is 2.28. The zero-order valence-electron chi connectivity index (χ0n) is 8.56. The third-order valence-corrected chi connectivity index (χ3v) is 2.53. The molecule has 0 atom stereocenters. The van der Waals surface area contributed by atoms with Crippen molar-refractivity contribution in [1.29, 1.82) is 0 Å². The van der Waals surface area contributed by atoms with E-state index in [0.717, 1.165) is 0 Å². The van der Waals surface area contributed by atoms with E-state index in [0.29, 0.717) is 10.8 Å². The normalized spacial score (nSPS) is 12.5. The number of hydrogen-bond donors (Lipinski definition) is 0. The molecule has 0 N–H and O–H groups in total. The molecule has 0 aromatic rings. The van der Waals surface area contributed by atoms with E-state index in [1.165, 1.54) is 0 Å². The average Bonchev–Trinajstić information content (AvgIpc) is 1.55. The van der Waals surface area contributed by atoms with E-state index in [2.05, 4.69) is 52.3 Å². The fourth-order valence-electron chi connectivity index (χ4n) is 0.442. The summed E-state index contributed by atoms with van der Waals surface area (Å²) in [5.74, 6) is 0. The Labute approximate surface area is 74.6 Å². The lowest BCUT2D eigenvalue weighted by molar-refractivity contribution is 0.613. The van der Waals surface area contributed by atoms with Gasteiger partial charge in [-0.3, -0.25) is 0 Å². The Hall–Kier alpha value is -0.0400. The molecule has 1 heteroatoms. The Balaban J connectivity index is 4.25. The minimum Gasteiger partial charge on any atom is -0.160 e. The Morgan fingerprint density at radius 3 is 1.18 bits per heavy atom. The second-order valence-electron chi connectivity index (χ2n) is 5.10. The molecule has 0 aromatic carbocycles. The second-order valence-corrected chi connectivity index (χ2v) is 5.85. The Kier molecular flexibility index (Phi) is 3.56. The molecular weight excluding hydrogens is 152 g/mol. The zero-order chi connectivity index (χ0) is 9.12. The highest BCUT2D eigenvalue weighted by atomic mass is 32.1. The molecule has 0 saturated carbocycles. The van der Waals surface area contributed by atoms with E-state index in [1.807, 2.05) is 10.9 Å². The van der Waals surface area contributed by atoms with Crippen molar-refractivity contribution >= 4 is 21.7 Å². The molecule has 0 heterocycles. The standard InChI is InChI=1S/C10H20S/c1-9(2,3)7-11-8-10(4,5)6/h7-8H,1-6H3. The lowest BCUT2D eigenvalue weighted by atomic mass is 10.0. The molecule has 0 radical (unpaired) electrons. The van der Waals surface area contributed by atoms with Crippen LogP contribution >= 0.6 is 10.9 Å². The van der Waals surface area contributed by atoms with Gasteiger partial charge in [-0.1, -0.05) is 41.5 Å². The fraction of sp³-hybridized carbons (Fsp3) is 0.800. The maximum atomic E-state index is 2.28. The third-order valence-electron chi connectivity index (χ3n) is 0.843. The molecule has 0 aromatic heterocycles. The van der Waals surface area contributed by atoms with Crippen molar-refractivity contribution in [3.05, 3.63) is 0 Å². The van der Waals surface area contributed by atoms with Crippen molar-refractivity contribution in [3.8, 4) is 0 Å². The second kappa shape index (κ2) is 3.57. The van der Waals surface area contributed by atoms with E-state index in [1.54, 1.807) is 0 Å². The molecule has 0 nitrogen and oxygen atoms in total. The molecule has 0 aliphatic rings. The Bertz CT molecular complexity index is 152. The van der Waals surface area contributed by atoms with Crippen LogP contribution < -0.4 is 0 Å². The van der Waals surface area contributed by atoms with Crippen LogP contribution in [0.2, 0.25) is 0 Å². The number of hydrogen-bond acceptors (Lipinski definition) is 0. The predicted octanol–water partition coefficient (Wildman–Crippen LogP) is 3.42. The van der Waals surface area contributed by atoms with Crippen LogP contribution in [0.3, 0.4) is 0 Å². The van der Waals surface area contributed by atoms with Gasteiger partial charge < -0.3 is 0 Å². The first kappa shape index (κ1) is 11.0. The van der Waals surface area contributed by atoms with E-state index in [9.17, 15) is 0 Å². The molecule has 0 saturated heterocycles. The van der Waals surface area contributed by atoms with E-state index >= 15 is 0 Å². The Morgan fingerprint density at radius 1 is 0.727 bits per heavy atom. The first-order chi connectivity index (χ1) is 4.71. The van der Waals surface area contributed by atoms with Gasteiger partial charge >= 0.3 is 0 Å². The lowest BCUT2D eigenvalue weighted by Crippen LogP contribution is -2.06. The first-order valence-corrected chi connectivity index (χ1v) is 4.99. The lowest BCUT2D eigenvalue weighted by Gasteiger charge is -2.11. The highest BCUT2D eigenvalue weighted by Gasteiger charge is 2.05. The molecule has 0 unspecified atom stereocenters. The SMILES string of the molecule is CC(C)(C)C=S=CC(C)(C)C. The van der Waals surface area contributed by atoms with Crippen molar-refractivity contribution < 1.29 is 0 Å². The molecular formula is C10H20S. The topological polar surface area (TPSA) is 0 Å². The maximum Gasteiger partial charge on any atom is -0.0107 e. The molecule has 0 spiro atoms. The van der Waals surface area contributed by atoms with E-state index in [-0.39, 0.29) is 0 Å². The molecule has 0 bridgehead atoms. The van der Waals surface area contributed by atoms with Gasteiger partial charge in [-0.05, 0) is 21.6 Å². The predicted molar refractivity (Wildman–Crippen MR) is 58.6 cm³/mol. The zero-order valence-corrected chi connectivity index (χ0v) is 9.38. The summed E-state index contributed by atoms with van der Waals surface area (Å²) in [5, 5.41) is 4.55. The van der Waals surface area contributed by atoms with Gasteiger partial charge in [0.05, 0.1) is 0 Å². The molecule has 0 aliphatic carbocycles. The van der Waals surface area contributed by atoms with Crippen LogP contribution in [-0.2, 0) is 0 Å². The average molecular weight is 172 g/mol. The summed E-state index contributed by atoms with van der Waals surface area (Å²) >= 11 is 0. The molecule has 0 aliphatic heterocycles. The van der Waals surface area contributed by atoms with Crippen LogP contribution in [0.4, 0.5) is 0 Å². The molecule has 11 heavy (non-hydrogen) atoms. The highest BCUT2D eigenvalue weighted by Crippen LogP contribution is 2.12. The van der Waals surface area contributed by atoms with Gasteiger partial charge in [-0.15, -0.1) is 0 Å². The fourth-order valence-corrected chi connectivity index (χ4v) is 1.33. The summed E-state index contributed by atoms with van der Waals surface area (Å²) in [6.07, 6.45) is 0. The molecule has 0 amide bonds. The van der Waals surface area contributed by atoms with Crippen LogP contribution in [-0.4, -0.2) is 10.7 Å². The minimum absolute atomic E-state index is 0.326. The molecule has 0 rings (SSSR count). The van der Waals surface area contributed by atoms with E-state index < -0.39 is 0 Å². The third kappa shape index (κ3) is 9.96. The molecule has 0 fully saturated rings. The van der Waals surface area contributed by atoms with Gasteiger partial charge in [-0.25, -0.2) is 0 Å². The van der Waals surface area contributed by atoms with Crippen LogP contribution in [0.15, 0.2) is 0 Å². The van der Waals surface area contributed by atoms with Gasteiger partial charge in [0.15, 0.2) is 0 Å². The number of rotatable bonds is 0. The molecule has 66 valence electrons. The van der Waals surface area contributed by atoms with Gasteiger partial charge in [0.1, 0.15) is 0 Å². The van der Waals surface area contributed by atoms with Gasteiger partial charge in [0.25, 0.3) is 0 Å². The van der Waals surface area contributed by atoms with Crippen molar-refractivity contribution in [2.45, 2.75) is 41.5 Å². The summed E-state index contributed by atoms with van der Waals surface area (Å²) in [6.45, 7) is 13.3. The summed E-state index contributed by atoms with van der Waals surface area (Å²) < 4.78 is 0. The Morgan fingerprint density at radius 2 is 1.00 bits per heavy atom.